The Balaban J connectivity index is 1.47. The first kappa shape index (κ1) is 25.6. The van der Waals surface area contributed by atoms with E-state index in [9.17, 15) is 18.0 Å². The summed E-state index contributed by atoms with van der Waals surface area (Å²) in [5, 5.41) is 0.762. The maximum absolute atomic E-state index is 14.7. The third-order valence-electron chi connectivity index (χ3n) is 7.33. The van der Waals surface area contributed by atoms with Crippen LogP contribution in [0.2, 0.25) is 5.02 Å². The van der Waals surface area contributed by atoms with Crippen LogP contribution in [0.25, 0.3) is 32.0 Å². The van der Waals surface area contributed by atoms with Crippen molar-refractivity contribution < 1.29 is 18.0 Å². The second kappa shape index (κ2) is 9.50. The fourth-order valence-electron chi connectivity index (χ4n) is 5.14. The van der Waals surface area contributed by atoms with Crippen molar-refractivity contribution in [2.45, 2.75) is 32.2 Å². The van der Waals surface area contributed by atoms with E-state index in [1.54, 1.807) is 23.1 Å². The predicted molar refractivity (Wildman–Crippen MR) is 146 cm³/mol. The summed E-state index contributed by atoms with van der Waals surface area (Å²) in [6.45, 7) is 4.30. The molecule has 0 radical (unpaired) electrons. The van der Waals surface area contributed by atoms with Crippen LogP contribution in [-0.4, -0.2) is 32.3 Å². The maximum Gasteiger partial charge on any atom is 0.274 e. The molecule has 1 atom stereocenters. The summed E-state index contributed by atoms with van der Waals surface area (Å²) in [6, 6.07) is 12.4. The lowest BCUT2D eigenvalue weighted by Crippen LogP contribution is -2.44. The number of rotatable bonds is 4. The largest absolute Gasteiger partial charge is 0.340 e. The summed E-state index contributed by atoms with van der Waals surface area (Å²) in [5.41, 5.74) is 2.22. The number of nitrogens with zero attached hydrogens (tertiary/aromatic N) is 3. The van der Waals surface area contributed by atoms with E-state index in [-0.39, 0.29) is 22.2 Å². The van der Waals surface area contributed by atoms with Gasteiger partial charge in [-0.1, -0.05) is 23.7 Å². The first-order valence-corrected chi connectivity index (χ1v) is 13.5. The molecule has 39 heavy (non-hydrogen) atoms. The number of amides is 1. The highest BCUT2D eigenvalue weighted by Crippen LogP contribution is 2.43. The first-order chi connectivity index (χ1) is 18.7. The van der Waals surface area contributed by atoms with Crippen LogP contribution in [0.3, 0.4) is 0 Å². The Bertz CT molecular complexity index is 1750. The predicted octanol–water partition coefficient (Wildman–Crippen LogP) is 7.88. The quantitative estimate of drug-likeness (QED) is 0.241. The van der Waals surface area contributed by atoms with Gasteiger partial charge in [-0.2, -0.15) is 0 Å². The van der Waals surface area contributed by atoms with E-state index in [1.807, 2.05) is 19.9 Å². The van der Waals surface area contributed by atoms with Gasteiger partial charge in [0.1, 0.15) is 34.0 Å². The molecule has 3 aromatic carbocycles. The van der Waals surface area contributed by atoms with Crippen molar-refractivity contribution in [1.82, 2.24) is 19.9 Å². The number of H-pyrrole nitrogens is 1. The van der Waals surface area contributed by atoms with Crippen molar-refractivity contribution in [3.05, 3.63) is 94.2 Å². The number of likely N-dealkylation sites (tertiary alicyclic amines) is 1. The molecular formula is C29H22ClF3N4OS. The molecule has 1 amide bonds. The van der Waals surface area contributed by atoms with Crippen LogP contribution < -0.4 is 0 Å². The third-order valence-corrected chi connectivity index (χ3v) is 8.88. The summed E-state index contributed by atoms with van der Waals surface area (Å²) in [5.74, 6) is -1.45. The highest BCUT2D eigenvalue weighted by molar-refractivity contribution is 7.18. The molecule has 0 saturated carbocycles. The van der Waals surface area contributed by atoms with Crippen molar-refractivity contribution in [2.75, 3.05) is 6.54 Å². The van der Waals surface area contributed by atoms with Gasteiger partial charge in [-0.05, 0) is 80.3 Å². The van der Waals surface area contributed by atoms with Crippen molar-refractivity contribution in [1.29, 1.82) is 0 Å². The molecule has 1 aliphatic heterocycles. The number of nitrogens with one attached hydrogen (secondary N) is 1. The lowest BCUT2D eigenvalue weighted by Gasteiger charge is -2.33. The average molecular weight is 567 g/mol. The molecule has 1 aliphatic rings. The highest BCUT2D eigenvalue weighted by atomic mass is 35.5. The van der Waals surface area contributed by atoms with Crippen molar-refractivity contribution in [3.8, 4) is 21.0 Å². The van der Waals surface area contributed by atoms with Gasteiger partial charge in [-0.25, -0.2) is 23.1 Å². The van der Waals surface area contributed by atoms with Gasteiger partial charge in [-0.15, -0.1) is 11.3 Å². The molecule has 10 heteroatoms. The van der Waals surface area contributed by atoms with Gasteiger partial charge in [0.15, 0.2) is 0 Å². The summed E-state index contributed by atoms with van der Waals surface area (Å²) < 4.78 is 42.4. The molecule has 2 aromatic heterocycles. The van der Waals surface area contributed by atoms with E-state index in [0.717, 1.165) is 52.6 Å². The minimum absolute atomic E-state index is 0.0452. The van der Waals surface area contributed by atoms with Crippen molar-refractivity contribution in [2.24, 2.45) is 0 Å². The molecule has 1 fully saturated rings. The van der Waals surface area contributed by atoms with Crippen molar-refractivity contribution >= 4 is 39.9 Å². The van der Waals surface area contributed by atoms with Crippen LogP contribution in [0.4, 0.5) is 13.2 Å². The van der Waals surface area contributed by atoms with Gasteiger partial charge in [0, 0.05) is 17.1 Å². The van der Waals surface area contributed by atoms with E-state index in [4.69, 9.17) is 16.6 Å². The number of benzene rings is 3. The molecular weight excluding hydrogens is 545 g/mol. The first-order valence-electron chi connectivity index (χ1n) is 12.3. The smallest absolute Gasteiger partial charge is 0.274 e. The Hall–Kier alpha value is -3.69. The number of aromatic nitrogens is 3. The van der Waals surface area contributed by atoms with Crippen LogP contribution in [0, 0.1) is 24.4 Å². The van der Waals surface area contributed by atoms with Gasteiger partial charge < -0.3 is 9.88 Å². The van der Waals surface area contributed by atoms with E-state index in [0.29, 0.717) is 34.3 Å². The minimum atomic E-state index is -0.775. The molecule has 1 N–H and O–H groups in total. The van der Waals surface area contributed by atoms with Gasteiger partial charge in [0.05, 0.1) is 21.4 Å². The summed E-state index contributed by atoms with van der Waals surface area (Å²) in [4.78, 5) is 29.1. The van der Waals surface area contributed by atoms with Crippen LogP contribution in [-0.2, 0) is 5.54 Å². The highest BCUT2D eigenvalue weighted by Gasteiger charge is 2.45. The average Bonchev–Trinajstić information content (AvgIpc) is 3.65. The number of halogens is 4. The Morgan fingerprint density at radius 1 is 1.05 bits per heavy atom. The Labute approximate surface area is 231 Å². The normalized spacial score (nSPS) is 17.3. The molecule has 0 aliphatic carbocycles. The van der Waals surface area contributed by atoms with Gasteiger partial charge in [0.25, 0.3) is 5.91 Å². The zero-order valence-corrected chi connectivity index (χ0v) is 22.6. The van der Waals surface area contributed by atoms with Crippen LogP contribution in [0.5, 0.6) is 0 Å². The molecule has 0 bridgehead atoms. The van der Waals surface area contributed by atoms with Crippen LogP contribution >= 0.6 is 22.9 Å². The van der Waals surface area contributed by atoms with Gasteiger partial charge >= 0.3 is 0 Å². The molecule has 0 spiro atoms. The Kier molecular flexibility index (Phi) is 6.23. The van der Waals surface area contributed by atoms with Gasteiger partial charge in [0.2, 0.25) is 0 Å². The SMILES string of the molecule is Cc1c(Cl)ccc2[nH]c(C3(C)CCCN3C(=O)c3nc(-c4cc(F)ccc4F)sc3-c3ccc(F)cc3)nc12. The zero-order valence-electron chi connectivity index (χ0n) is 21.0. The Morgan fingerprint density at radius 3 is 2.56 bits per heavy atom. The lowest BCUT2D eigenvalue weighted by molar-refractivity contribution is 0.0601. The number of aromatic amines is 1. The number of carbonyl (C=O) groups is 1. The third kappa shape index (κ3) is 4.30. The number of carbonyl (C=O) groups excluding carboxylic acids is 1. The van der Waals surface area contributed by atoms with E-state index in [1.165, 1.54) is 12.1 Å². The number of imidazole rings is 1. The van der Waals surface area contributed by atoms with Gasteiger partial charge in [-0.3, -0.25) is 4.79 Å². The number of hydrogen-bond acceptors (Lipinski definition) is 4. The van der Waals surface area contributed by atoms with Crippen molar-refractivity contribution in [3.63, 3.8) is 0 Å². The Morgan fingerprint density at radius 2 is 1.79 bits per heavy atom. The summed E-state index contributed by atoms with van der Waals surface area (Å²) in [6.07, 6.45) is 1.40. The molecule has 6 rings (SSSR count). The molecule has 198 valence electrons. The number of hydrogen-bond donors (Lipinski definition) is 1. The van der Waals surface area contributed by atoms with E-state index >= 15 is 0 Å². The number of thiazole rings is 1. The van der Waals surface area contributed by atoms with Crippen LogP contribution in [0.15, 0.2) is 54.6 Å². The topological polar surface area (TPSA) is 61.9 Å². The second-order valence-electron chi connectivity index (χ2n) is 9.82. The van der Waals surface area contributed by atoms with E-state index in [2.05, 4.69) is 9.97 Å². The fourth-order valence-corrected chi connectivity index (χ4v) is 6.38. The number of fused-ring (bicyclic) bond motifs is 1. The van der Waals surface area contributed by atoms with E-state index < -0.39 is 23.0 Å². The summed E-state index contributed by atoms with van der Waals surface area (Å²) in [7, 11) is 0. The lowest BCUT2D eigenvalue weighted by atomic mass is 9.97. The monoisotopic (exact) mass is 566 g/mol. The molecule has 5 aromatic rings. The standard InChI is InChI=1S/C29H22ClF3N4OS/c1-15-20(30)9-11-22-23(15)36-28(34-22)29(2)12-3-13-37(29)27(38)24-25(16-4-6-17(31)7-5-16)39-26(35-24)19-14-18(32)8-10-21(19)33/h4-11,14H,3,12-13H2,1-2H3,(H,34,36). The zero-order chi connectivity index (χ0) is 27.5. The fraction of sp³-hybridized carbons (Fsp3) is 0.207. The second-order valence-corrected chi connectivity index (χ2v) is 11.2. The number of aryl methyl sites for hydroxylation is 1. The molecule has 1 saturated heterocycles. The molecule has 3 heterocycles. The molecule has 1 unspecified atom stereocenters. The minimum Gasteiger partial charge on any atom is -0.340 e. The summed E-state index contributed by atoms with van der Waals surface area (Å²) >= 11 is 7.37. The van der Waals surface area contributed by atoms with Crippen LogP contribution in [0.1, 0.15) is 41.6 Å². The maximum atomic E-state index is 14.7. The molecule has 5 nitrogen and oxygen atoms in total.